The van der Waals surface area contributed by atoms with Crippen molar-refractivity contribution in [1.82, 2.24) is 0 Å². The molecule has 0 amide bonds. The van der Waals surface area contributed by atoms with E-state index in [9.17, 15) is 44.3 Å². The average molecular weight is 817 g/mol. The highest BCUT2D eigenvalue weighted by atomic mass is 32.3. The Morgan fingerprint density at radius 3 is 1.51 bits per heavy atom. The van der Waals surface area contributed by atoms with Gasteiger partial charge in [0.2, 0.25) is 0 Å². The van der Waals surface area contributed by atoms with Gasteiger partial charge in [0, 0.05) is 15.9 Å². The van der Waals surface area contributed by atoms with Crippen molar-refractivity contribution in [3.63, 3.8) is 0 Å². The molecule has 0 atom stereocenters. The second kappa shape index (κ2) is 16.2. The summed E-state index contributed by atoms with van der Waals surface area (Å²) in [5, 5.41) is 0. The van der Waals surface area contributed by atoms with E-state index in [4.69, 9.17) is 22.6 Å². The molecule has 0 bridgehead atoms. The summed E-state index contributed by atoms with van der Waals surface area (Å²) in [6.45, 7) is 8.42. The Morgan fingerprint density at radius 2 is 1.05 bits per heavy atom. The highest BCUT2D eigenvalue weighted by molar-refractivity contribution is 8.33. The first-order chi connectivity index (χ1) is 25.3. The van der Waals surface area contributed by atoms with Gasteiger partial charge in [-0.2, -0.15) is 34.8 Å². The number of halogens is 6. The minimum Gasteiger partial charge on any atom is -0.482 e. The zero-order valence-electron chi connectivity index (χ0n) is 30.4. The van der Waals surface area contributed by atoms with Crippen molar-refractivity contribution < 1.29 is 66.9 Å². The zero-order valence-corrected chi connectivity index (χ0v) is 32.0. The van der Waals surface area contributed by atoms with E-state index in [-0.39, 0.29) is 44.4 Å². The predicted molar refractivity (Wildman–Crippen MR) is 189 cm³/mol. The van der Waals surface area contributed by atoms with Crippen LogP contribution in [0.2, 0.25) is 0 Å². The largest absolute Gasteiger partial charge is 0.482 e. The van der Waals surface area contributed by atoms with Gasteiger partial charge in [-0.25, -0.2) is 13.2 Å². The summed E-state index contributed by atoms with van der Waals surface area (Å²) in [5.41, 5.74) is -5.63. The number of hydrogen-bond acceptors (Lipinski definition) is 9. The van der Waals surface area contributed by atoms with Gasteiger partial charge >= 0.3 is 34.4 Å². The standard InChI is InChI=1S/C38H38F6O9S2/c1-35(2,3)51-33(45)23-49-26-18-20-32(30(22-26)50-24-34(46)52-36(4,5)6)54(27-13-9-7-10-14-27,28-15-11-8-12-16-28)53-55(47,48)31-19-17-25(37(39,40)41)21-29(31)38(42,43)44/h7-22H,23-24H2,1-6H3. The number of carbonyl (C=O) groups is 2. The molecular weight excluding hydrogens is 779 g/mol. The first-order valence-corrected chi connectivity index (χ1v) is 19.3. The van der Waals surface area contributed by atoms with Crippen LogP contribution in [0.25, 0.3) is 0 Å². The van der Waals surface area contributed by atoms with Gasteiger partial charge in [-0.05, 0) is 106 Å². The molecule has 0 aromatic heterocycles. The number of alkyl halides is 6. The SMILES string of the molecule is CC(C)(C)OC(=O)COc1ccc(S(OS(=O)(=O)c2ccc(C(F)(F)F)cc2C(F)(F)F)(c2ccccc2)c2ccccc2)c(OCC(=O)OC(C)(C)C)c1. The Kier molecular flexibility index (Phi) is 12.6. The molecule has 0 unspecified atom stereocenters. The monoisotopic (exact) mass is 816 g/mol. The molecule has 4 aromatic carbocycles. The smallest absolute Gasteiger partial charge is 0.417 e. The lowest BCUT2D eigenvalue weighted by molar-refractivity contribution is -0.158. The van der Waals surface area contributed by atoms with Crippen LogP contribution >= 0.6 is 10.3 Å². The van der Waals surface area contributed by atoms with E-state index in [1.807, 2.05) is 0 Å². The van der Waals surface area contributed by atoms with Crippen LogP contribution in [-0.2, 0) is 45.2 Å². The van der Waals surface area contributed by atoms with E-state index in [0.717, 1.165) is 0 Å². The van der Waals surface area contributed by atoms with Crippen molar-refractivity contribution in [2.24, 2.45) is 0 Å². The molecule has 0 spiro atoms. The molecule has 0 radical (unpaired) electrons. The van der Waals surface area contributed by atoms with Crippen molar-refractivity contribution in [3.05, 3.63) is 108 Å². The van der Waals surface area contributed by atoms with Crippen molar-refractivity contribution in [2.45, 2.75) is 84.7 Å². The summed E-state index contributed by atoms with van der Waals surface area (Å²) >= 11 is 0. The number of carbonyl (C=O) groups excluding carboxylic acids is 2. The molecule has 0 aliphatic heterocycles. The summed E-state index contributed by atoms with van der Waals surface area (Å²) < 4.78 is 141. The Balaban J connectivity index is 2.01. The predicted octanol–water partition coefficient (Wildman–Crippen LogP) is 9.77. The maximum Gasteiger partial charge on any atom is 0.417 e. The fourth-order valence-electron chi connectivity index (χ4n) is 5.00. The van der Waals surface area contributed by atoms with E-state index in [1.54, 1.807) is 53.7 Å². The first-order valence-electron chi connectivity index (χ1n) is 16.3. The van der Waals surface area contributed by atoms with Gasteiger partial charge in [-0.1, -0.05) is 36.4 Å². The lowest BCUT2D eigenvalue weighted by Gasteiger charge is -2.40. The van der Waals surface area contributed by atoms with Crippen molar-refractivity contribution in [1.29, 1.82) is 0 Å². The van der Waals surface area contributed by atoms with Crippen LogP contribution in [0.15, 0.2) is 117 Å². The third-order valence-electron chi connectivity index (χ3n) is 6.99. The van der Waals surface area contributed by atoms with Crippen LogP contribution in [0.3, 0.4) is 0 Å². The van der Waals surface area contributed by atoms with E-state index in [0.29, 0.717) is 0 Å². The van der Waals surface area contributed by atoms with Crippen LogP contribution in [-0.4, -0.2) is 44.8 Å². The highest BCUT2D eigenvalue weighted by Gasteiger charge is 2.45. The molecule has 298 valence electrons. The third-order valence-corrected chi connectivity index (χ3v) is 12.2. The number of rotatable bonds is 12. The lowest BCUT2D eigenvalue weighted by atomic mass is 10.1. The third kappa shape index (κ3) is 11.2. The van der Waals surface area contributed by atoms with Gasteiger partial charge in [0.25, 0.3) is 0 Å². The fourth-order valence-corrected chi connectivity index (χ4v) is 10.5. The van der Waals surface area contributed by atoms with E-state index in [2.05, 4.69) is 0 Å². The molecule has 0 aliphatic carbocycles. The number of ether oxygens (including phenoxy) is 4. The Labute approximate surface area is 316 Å². The van der Waals surface area contributed by atoms with Crippen molar-refractivity contribution in [3.8, 4) is 11.5 Å². The summed E-state index contributed by atoms with van der Waals surface area (Å²) in [7, 11) is -9.48. The quantitative estimate of drug-likeness (QED) is 0.102. The molecular formula is C38H38F6O9S2. The molecule has 4 aromatic rings. The minimum atomic E-state index is -5.65. The number of esters is 2. The van der Waals surface area contributed by atoms with Crippen molar-refractivity contribution >= 4 is 32.4 Å². The zero-order chi connectivity index (χ0) is 41.0. The van der Waals surface area contributed by atoms with Crippen molar-refractivity contribution in [2.75, 3.05) is 13.2 Å². The minimum absolute atomic E-state index is 0.0341. The van der Waals surface area contributed by atoms with Gasteiger partial charge < -0.3 is 18.9 Å². The van der Waals surface area contributed by atoms with E-state index >= 15 is 0 Å². The molecule has 0 aliphatic rings. The first kappa shape index (κ1) is 43.0. The molecule has 4 rings (SSSR count). The summed E-state index contributed by atoms with van der Waals surface area (Å²) in [6.07, 6.45) is -10.8. The maximum atomic E-state index is 14.4. The topological polar surface area (TPSA) is 114 Å². The average Bonchev–Trinajstić information content (AvgIpc) is 3.07. The van der Waals surface area contributed by atoms with E-state index < -0.39 is 85.2 Å². The highest BCUT2D eigenvalue weighted by Crippen LogP contribution is 2.72. The lowest BCUT2D eigenvalue weighted by Crippen LogP contribution is -2.28. The van der Waals surface area contributed by atoms with Gasteiger partial charge in [-0.15, -0.1) is 0 Å². The van der Waals surface area contributed by atoms with Gasteiger partial charge in [0.15, 0.2) is 13.2 Å². The molecule has 0 N–H and O–H groups in total. The normalized spacial score (nSPS) is 13.2. The van der Waals surface area contributed by atoms with Gasteiger partial charge in [0.1, 0.15) is 27.6 Å². The molecule has 55 heavy (non-hydrogen) atoms. The Hall–Kier alpha value is -4.74. The summed E-state index contributed by atoms with van der Waals surface area (Å²) in [4.78, 5) is 23.8. The second-order valence-corrected chi connectivity index (χ2v) is 18.2. The molecule has 0 saturated carbocycles. The van der Waals surface area contributed by atoms with Crippen LogP contribution in [0.1, 0.15) is 52.7 Å². The summed E-state index contributed by atoms with van der Waals surface area (Å²) in [5.74, 6) is -1.90. The van der Waals surface area contributed by atoms with Crippen LogP contribution in [0.5, 0.6) is 11.5 Å². The molecule has 0 fully saturated rings. The van der Waals surface area contributed by atoms with Gasteiger partial charge in [0.05, 0.1) is 16.0 Å². The second-order valence-electron chi connectivity index (χ2n) is 13.8. The molecule has 0 heterocycles. The molecule has 0 saturated heterocycles. The van der Waals surface area contributed by atoms with E-state index in [1.165, 1.54) is 66.7 Å². The number of hydrogen-bond donors (Lipinski definition) is 0. The van der Waals surface area contributed by atoms with Gasteiger partial charge in [-0.3, -0.25) is 0 Å². The maximum absolute atomic E-state index is 14.4. The molecule has 9 nitrogen and oxygen atoms in total. The Morgan fingerprint density at radius 1 is 0.582 bits per heavy atom. The van der Waals surface area contributed by atoms with Crippen LogP contribution < -0.4 is 9.47 Å². The van der Waals surface area contributed by atoms with Crippen LogP contribution in [0, 0.1) is 0 Å². The van der Waals surface area contributed by atoms with Crippen LogP contribution in [0.4, 0.5) is 26.3 Å². The summed E-state index contributed by atoms with van der Waals surface area (Å²) in [6, 6.07) is 18.9. The Bertz CT molecular complexity index is 2050. The fraction of sp³-hybridized carbons (Fsp3) is 0.316. The number of benzene rings is 4. The molecule has 17 heteroatoms.